The van der Waals surface area contributed by atoms with Gasteiger partial charge < -0.3 is 14.2 Å². The monoisotopic (exact) mass is 272 g/mol. The number of cyclic esters (lactones) is 2. The van der Waals surface area contributed by atoms with Gasteiger partial charge in [-0.25, -0.2) is 13.6 Å². The highest BCUT2D eigenvalue weighted by Crippen LogP contribution is 2.26. The van der Waals surface area contributed by atoms with E-state index in [0.717, 1.165) is 6.92 Å². The van der Waals surface area contributed by atoms with Crippen LogP contribution in [-0.2, 0) is 14.2 Å². The summed E-state index contributed by atoms with van der Waals surface area (Å²) in [4.78, 5) is 10.6. The first-order valence-corrected chi connectivity index (χ1v) is 5.69. The first-order chi connectivity index (χ1) is 7.79. The average Bonchev–Trinajstić information content (AvgIpc) is 2.60. The standard InChI is InChI=1S/C10H15ClF2O4/c1-6(3-8(11)10(2,12)13)15-4-7-5-16-9(14)17-7/h6-8H,3-5H2,1-2H3. The van der Waals surface area contributed by atoms with Crippen molar-refractivity contribution in [1.29, 1.82) is 0 Å². The summed E-state index contributed by atoms with van der Waals surface area (Å²) in [5.41, 5.74) is 0. The zero-order valence-corrected chi connectivity index (χ0v) is 10.4. The molecule has 1 aliphatic rings. The molecule has 0 spiro atoms. The molecule has 100 valence electrons. The first-order valence-electron chi connectivity index (χ1n) is 5.26. The normalized spacial score (nSPS) is 24.1. The maximum Gasteiger partial charge on any atom is 0.508 e. The van der Waals surface area contributed by atoms with E-state index < -0.39 is 29.7 Å². The van der Waals surface area contributed by atoms with Crippen LogP contribution in [0.1, 0.15) is 20.3 Å². The van der Waals surface area contributed by atoms with Crippen LogP contribution in [0.4, 0.5) is 13.6 Å². The number of carbonyl (C=O) groups excluding carboxylic acids is 1. The second kappa shape index (κ2) is 5.82. The second-order valence-electron chi connectivity index (χ2n) is 4.10. The Bertz CT molecular complexity index is 270. The van der Waals surface area contributed by atoms with Crippen molar-refractivity contribution in [3.05, 3.63) is 0 Å². The van der Waals surface area contributed by atoms with Gasteiger partial charge >= 0.3 is 6.16 Å². The van der Waals surface area contributed by atoms with Crippen molar-refractivity contribution in [1.82, 2.24) is 0 Å². The van der Waals surface area contributed by atoms with E-state index in [1.165, 1.54) is 0 Å². The van der Waals surface area contributed by atoms with Crippen LogP contribution in [0, 0.1) is 0 Å². The number of ether oxygens (including phenoxy) is 3. The molecule has 1 fully saturated rings. The van der Waals surface area contributed by atoms with Gasteiger partial charge in [-0.15, -0.1) is 11.6 Å². The number of hydrogen-bond donors (Lipinski definition) is 0. The van der Waals surface area contributed by atoms with Crippen molar-refractivity contribution in [3.63, 3.8) is 0 Å². The summed E-state index contributed by atoms with van der Waals surface area (Å²) in [6, 6.07) is 0. The fourth-order valence-corrected chi connectivity index (χ4v) is 1.54. The molecule has 4 nitrogen and oxygen atoms in total. The third kappa shape index (κ3) is 5.04. The number of alkyl halides is 3. The molecule has 0 N–H and O–H groups in total. The van der Waals surface area contributed by atoms with Gasteiger partial charge in [0.1, 0.15) is 6.61 Å². The zero-order valence-electron chi connectivity index (χ0n) is 9.62. The smallest absolute Gasteiger partial charge is 0.430 e. The molecule has 1 aliphatic heterocycles. The Morgan fingerprint density at radius 1 is 1.65 bits per heavy atom. The van der Waals surface area contributed by atoms with Gasteiger partial charge in [0.25, 0.3) is 5.92 Å². The molecule has 0 aromatic rings. The van der Waals surface area contributed by atoms with E-state index in [1.54, 1.807) is 6.92 Å². The van der Waals surface area contributed by atoms with Crippen LogP contribution in [0.15, 0.2) is 0 Å². The topological polar surface area (TPSA) is 44.8 Å². The van der Waals surface area contributed by atoms with Crippen LogP contribution in [0.5, 0.6) is 0 Å². The lowest BCUT2D eigenvalue weighted by molar-refractivity contribution is -0.0252. The van der Waals surface area contributed by atoms with Gasteiger partial charge in [0, 0.05) is 6.92 Å². The molecule has 0 amide bonds. The molecule has 0 bridgehead atoms. The molecule has 0 radical (unpaired) electrons. The summed E-state index contributed by atoms with van der Waals surface area (Å²) in [5.74, 6) is -2.94. The third-order valence-electron chi connectivity index (χ3n) is 2.31. The van der Waals surface area contributed by atoms with Crippen molar-refractivity contribution >= 4 is 17.8 Å². The highest BCUT2D eigenvalue weighted by molar-refractivity contribution is 6.21. The van der Waals surface area contributed by atoms with Gasteiger partial charge in [-0.2, -0.15) is 0 Å². The number of rotatable bonds is 6. The van der Waals surface area contributed by atoms with E-state index in [-0.39, 0.29) is 19.6 Å². The second-order valence-corrected chi connectivity index (χ2v) is 4.63. The fourth-order valence-electron chi connectivity index (χ4n) is 1.29. The zero-order chi connectivity index (χ0) is 13.1. The Morgan fingerprint density at radius 2 is 2.29 bits per heavy atom. The highest BCUT2D eigenvalue weighted by atomic mass is 35.5. The van der Waals surface area contributed by atoms with E-state index in [9.17, 15) is 13.6 Å². The molecular weight excluding hydrogens is 258 g/mol. The molecule has 3 unspecified atom stereocenters. The highest BCUT2D eigenvalue weighted by Gasteiger charge is 2.34. The van der Waals surface area contributed by atoms with Crippen molar-refractivity contribution in [2.24, 2.45) is 0 Å². The predicted octanol–water partition coefficient (Wildman–Crippen LogP) is 2.58. The van der Waals surface area contributed by atoms with Crippen LogP contribution in [0.2, 0.25) is 0 Å². The van der Waals surface area contributed by atoms with Crippen LogP contribution in [0.25, 0.3) is 0 Å². The quantitative estimate of drug-likeness (QED) is 0.551. The van der Waals surface area contributed by atoms with E-state index in [1.807, 2.05) is 0 Å². The van der Waals surface area contributed by atoms with Crippen LogP contribution in [-0.4, -0.2) is 42.9 Å². The third-order valence-corrected chi connectivity index (χ3v) is 2.87. The van der Waals surface area contributed by atoms with E-state index in [2.05, 4.69) is 4.74 Å². The van der Waals surface area contributed by atoms with E-state index in [4.69, 9.17) is 21.1 Å². The minimum absolute atomic E-state index is 0.0204. The van der Waals surface area contributed by atoms with E-state index in [0.29, 0.717) is 0 Å². The summed E-state index contributed by atoms with van der Waals surface area (Å²) in [7, 11) is 0. The lowest BCUT2D eigenvalue weighted by Crippen LogP contribution is -2.30. The lowest BCUT2D eigenvalue weighted by atomic mass is 10.1. The van der Waals surface area contributed by atoms with E-state index >= 15 is 0 Å². The van der Waals surface area contributed by atoms with Gasteiger partial charge in [-0.05, 0) is 13.3 Å². The van der Waals surface area contributed by atoms with Crippen molar-refractivity contribution in [2.75, 3.05) is 13.2 Å². The van der Waals surface area contributed by atoms with Gasteiger partial charge in [-0.1, -0.05) is 0 Å². The minimum Gasteiger partial charge on any atom is -0.430 e. The summed E-state index contributed by atoms with van der Waals surface area (Å²) < 4.78 is 40.1. The molecule has 1 rings (SSSR count). The molecule has 1 heterocycles. The largest absolute Gasteiger partial charge is 0.508 e. The van der Waals surface area contributed by atoms with Crippen molar-refractivity contribution in [2.45, 2.75) is 43.8 Å². The average molecular weight is 273 g/mol. The molecule has 0 aromatic heterocycles. The Labute approximate surface area is 103 Å². The van der Waals surface area contributed by atoms with Crippen LogP contribution in [0.3, 0.4) is 0 Å². The molecule has 0 aliphatic carbocycles. The fraction of sp³-hybridized carbons (Fsp3) is 0.900. The molecule has 0 saturated carbocycles. The molecule has 1 saturated heterocycles. The van der Waals surface area contributed by atoms with Gasteiger partial charge in [0.2, 0.25) is 0 Å². The maximum atomic E-state index is 12.8. The molecule has 7 heteroatoms. The minimum atomic E-state index is -2.94. The molecular formula is C10H15ClF2O4. The van der Waals surface area contributed by atoms with Gasteiger partial charge in [-0.3, -0.25) is 0 Å². The Balaban J connectivity index is 2.21. The summed E-state index contributed by atoms with van der Waals surface area (Å²) >= 11 is 5.53. The molecule has 3 atom stereocenters. The van der Waals surface area contributed by atoms with Crippen LogP contribution < -0.4 is 0 Å². The number of hydrogen-bond acceptors (Lipinski definition) is 4. The number of carbonyl (C=O) groups is 1. The van der Waals surface area contributed by atoms with Crippen LogP contribution >= 0.6 is 11.6 Å². The Morgan fingerprint density at radius 3 is 2.76 bits per heavy atom. The molecule has 17 heavy (non-hydrogen) atoms. The summed E-state index contributed by atoms with van der Waals surface area (Å²) in [5, 5.41) is -1.28. The Hall–Kier alpha value is -0.620. The summed E-state index contributed by atoms with van der Waals surface area (Å²) in [6.45, 7) is 2.65. The molecule has 0 aromatic carbocycles. The van der Waals surface area contributed by atoms with Gasteiger partial charge in [0.15, 0.2) is 6.10 Å². The van der Waals surface area contributed by atoms with Crippen molar-refractivity contribution < 1.29 is 27.8 Å². The first kappa shape index (κ1) is 14.4. The SMILES string of the molecule is CC(CC(Cl)C(C)(F)F)OCC1COC(=O)O1. The summed E-state index contributed by atoms with van der Waals surface area (Å²) in [6.07, 6.45) is -1.63. The van der Waals surface area contributed by atoms with Gasteiger partial charge in [0.05, 0.1) is 18.1 Å². The predicted molar refractivity (Wildman–Crippen MR) is 56.5 cm³/mol. The van der Waals surface area contributed by atoms with Crippen molar-refractivity contribution in [3.8, 4) is 0 Å². The number of halogens is 3. The Kier molecular flexibility index (Phi) is 4.94. The lowest BCUT2D eigenvalue weighted by Gasteiger charge is -2.21. The maximum absolute atomic E-state index is 12.8.